The molecule has 13 heteroatoms. The second-order valence-corrected chi connectivity index (χ2v) is 9.68. The van der Waals surface area contributed by atoms with Gasteiger partial charge in [0.2, 0.25) is 11.8 Å². The smallest absolute Gasteiger partial charge is 0.319 e. The van der Waals surface area contributed by atoms with Gasteiger partial charge in [-0.3, -0.25) is 19.7 Å². The number of para-hydroxylation sites is 1. The number of benzene rings is 1. The van der Waals surface area contributed by atoms with Crippen molar-refractivity contribution in [2.45, 2.75) is 63.9 Å². The van der Waals surface area contributed by atoms with Crippen LogP contribution in [-0.2, 0) is 14.4 Å². The van der Waals surface area contributed by atoms with E-state index in [1.54, 1.807) is 38.1 Å². The fourth-order valence-electron chi connectivity index (χ4n) is 4.11. The minimum Gasteiger partial charge on any atom is -0.344 e. The summed E-state index contributed by atoms with van der Waals surface area (Å²) in [5.74, 6) is -1.99. The Bertz CT molecular complexity index is 949. The zero-order chi connectivity index (χ0) is 27.5. The summed E-state index contributed by atoms with van der Waals surface area (Å²) in [6, 6.07) is 3.29. The van der Waals surface area contributed by atoms with Crippen molar-refractivity contribution in [2.75, 3.05) is 25.1 Å². The van der Waals surface area contributed by atoms with Gasteiger partial charge in [0.15, 0.2) is 5.78 Å². The number of carbonyl (C=O) groups excluding carboxylic acids is 4. The Hall–Kier alpha value is -2.80. The highest BCUT2D eigenvalue weighted by Crippen LogP contribution is 2.22. The molecular formula is C24H37ClFN7O4. The largest absolute Gasteiger partial charge is 0.344 e. The molecule has 0 bridgehead atoms. The molecule has 4 amide bonds. The monoisotopic (exact) mass is 541 g/mol. The lowest BCUT2D eigenvalue weighted by atomic mass is 10.0. The van der Waals surface area contributed by atoms with Gasteiger partial charge in [0.1, 0.15) is 25.0 Å². The summed E-state index contributed by atoms with van der Waals surface area (Å²) in [7, 11) is 0. The quantitative estimate of drug-likeness (QED) is 0.160. The molecule has 1 aromatic rings. The standard InChI is InChI=1S/C24H37ClFN7O4/c1-14(2)20(32-24(37)31-16-8-4-3-7-15(16)25)22(36)33-12-6-10-18(33)21(35)30-17(19(34)13-26)9-5-11-29-23(27)28/h3-4,7-8,14,17-18,20,23,29H,5-6,9-13,27-28H2,1-2H3,(H,30,35)(H2,31,32,37)/t17-,18-,20-/m0/s1. The third-order valence-electron chi connectivity index (χ3n) is 6.07. The van der Waals surface area contributed by atoms with Crippen molar-refractivity contribution < 1.29 is 23.6 Å². The topological polar surface area (TPSA) is 172 Å². The van der Waals surface area contributed by atoms with Crippen molar-refractivity contribution in [1.82, 2.24) is 20.9 Å². The Morgan fingerprint density at radius 2 is 1.86 bits per heavy atom. The van der Waals surface area contributed by atoms with Crippen LogP contribution in [0.25, 0.3) is 0 Å². The van der Waals surface area contributed by atoms with Crippen molar-refractivity contribution in [2.24, 2.45) is 17.4 Å². The maximum absolute atomic E-state index is 13.4. The molecule has 1 saturated heterocycles. The lowest BCUT2D eigenvalue weighted by Crippen LogP contribution is -2.57. The Morgan fingerprint density at radius 3 is 2.49 bits per heavy atom. The van der Waals surface area contributed by atoms with Crippen LogP contribution in [0.15, 0.2) is 24.3 Å². The third-order valence-corrected chi connectivity index (χ3v) is 6.40. The molecule has 11 nitrogen and oxygen atoms in total. The van der Waals surface area contributed by atoms with Crippen LogP contribution in [0.3, 0.4) is 0 Å². The minimum atomic E-state index is -1.22. The van der Waals surface area contributed by atoms with E-state index in [9.17, 15) is 23.6 Å². The first-order chi connectivity index (χ1) is 17.5. The number of hydrogen-bond donors (Lipinski definition) is 6. The molecule has 206 valence electrons. The third kappa shape index (κ3) is 9.22. The number of nitrogens with two attached hydrogens (primary N) is 2. The zero-order valence-electron chi connectivity index (χ0n) is 21.1. The fraction of sp³-hybridized carbons (Fsp3) is 0.583. The number of anilines is 1. The fourth-order valence-corrected chi connectivity index (χ4v) is 4.29. The maximum Gasteiger partial charge on any atom is 0.319 e. The molecule has 1 fully saturated rings. The van der Waals surface area contributed by atoms with E-state index in [0.29, 0.717) is 43.1 Å². The van der Waals surface area contributed by atoms with Crippen LogP contribution in [0.5, 0.6) is 0 Å². The van der Waals surface area contributed by atoms with Gasteiger partial charge in [-0.05, 0) is 50.3 Å². The van der Waals surface area contributed by atoms with Crippen LogP contribution < -0.4 is 32.7 Å². The van der Waals surface area contributed by atoms with Gasteiger partial charge in [0.25, 0.3) is 0 Å². The molecule has 2 rings (SSSR count). The summed E-state index contributed by atoms with van der Waals surface area (Å²) in [5.41, 5.74) is 11.2. The number of nitrogens with one attached hydrogen (secondary N) is 4. The number of rotatable bonds is 13. The van der Waals surface area contributed by atoms with Gasteiger partial charge in [-0.2, -0.15) is 0 Å². The Kier molecular flexibility index (Phi) is 12.2. The van der Waals surface area contributed by atoms with E-state index in [0.717, 1.165) is 0 Å². The number of amides is 4. The van der Waals surface area contributed by atoms with E-state index in [1.165, 1.54) is 4.90 Å². The van der Waals surface area contributed by atoms with Crippen LogP contribution >= 0.6 is 11.6 Å². The summed E-state index contributed by atoms with van der Waals surface area (Å²) >= 11 is 6.09. The number of likely N-dealkylation sites (tertiary alicyclic amines) is 1. The highest BCUT2D eigenvalue weighted by atomic mass is 35.5. The molecule has 0 saturated carbocycles. The van der Waals surface area contributed by atoms with Crippen LogP contribution in [0.2, 0.25) is 5.02 Å². The molecule has 0 radical (unpaired) electrons. The average Bonchev–Trinajstić information content (AvgIpc) is 3.34. The van der Waals surface area contributed by atoms with E-state index in [4.69, 9.17) is 23.1 Å². The second-order valence-electron chi connectivity index (χ2n) is 9.27. The molecule has 1 aliphatic heterocycles. The number of Topliss-reactive ketones (excluding diaryl/α,β-unsaturated/α-hetero) is 1. The summed E-state index contributed by atoms with van der Waals surface area (Å²) in [6.45, 7) is 3.03. The van der Waals surface area contributed by atoms with Crippen molar-refractivity contribution in [1.29, 1.82) is 0 Å². The first-order valence-electron chi connectivity index (χ1n) is 12.3. The zero-order valence-corrected chi connectivity index (χ0v) is 21.9. The number of alkyl halides is 1. The predicted octanol–water partition coefficient (Wildman–Crippen LogP) is 1.07. The van der Waals surface area contributed by atoms with E-state index >= 15 is 0 Å². The first-order valence-corrected chi connectivity index (χ1v) is 12.7. The Morgan fingerprint density at radius 1 is 1.16 bits per heavy atom. The van der Waals surface area contributed by atoms with Gasteiger partial charge in [0.05, 0.1) is 16.8 Å². The van der Waals surface area contributed by atoms with Gasteiger partial charge in [-0.1, -0.05) is 37.6 Å². The summed E-state index contributed by atoms with van der Waals surface area (Å²) in [5, 5.41) is 11.0. The molecular weight excluding hydrogens is 505 g/mol. The van der Waals surface area contributed by atoms with Crippen LogP contribution in [-0.4, -0.2) is 72.7 Å². The lowest BCUT2D eigenvalue weighted by molar-refractivity contribution is -0.141. The van der Waals surface area contributed by atoms with Crippen molar-refractivity contribution in [3.63, 3.8) is 0 Å². The van der Waals surface area contributed by atoms with Gasteiger partial charge in [0, 0.05) is 6.54 Å². The summed E-state index contributed by atoms with van der Waals surface area (Å²) < 4.78 is 13.1. The number of nitrogens with zero attached hydrogens (tertiary/aromatic N) is 1. The number of ketones is 1. The van der Waals surface area contributed by atoms with Crippen molar-refractivity contribution >= 4 is 40.9 Å². The normalized spacial score (nSPS) is 17.0. The van der Waals surface area contributed by atoms with Gasteiger partial charge in [-0.15, -0.1) is 0 Å². The summed E-state index contributed by atoms with van der Waals surface area (Å²) in [4.78, 5) is 52.6. The van der Waals surface area contributed by atoms with E-state index in [1.807, 2.05) is 0 Å². The van der Waals surface area contributed by atoms with Gasteiger partial charge >= 0.3 is 6.03 Å². The number of hydrogen-bond acceptors (Lipinski definition) is 7. The molecule has 1 aromatic carbocycles. The van der Waals surface area contributed by atoms with Gasteiger partial charge < -0.3 is 32.3 Å². The van der Waals surface area contributed by atoms with Crippen molar-refractivity contribution in [3.05, 3.63) is 29.3 Å². The van der Waals surface area contributed by atoms with Gasteiger partial charge in [-0.25, -0.2) is 9.18 Å². The predicted molar refractivity (Wildman–Crippen MR) is 139 cm³/mol. The van der Waals surface area contributed by atoms with Crippen molar-refractivity contribution in [3.8, 4) is 0 Å². The lowest BCUT2D eigenvalue weighted by Gasteiger charge is -2.31. The van der Waals surface area contributed by atoms with Crippen LogP contribution in [0, 0.1) is 5.92 Å². The molecule has 1 aliphatic rings. The van der Waals surface area contributed by atoms with Crippen LogP contribution in [0.1, 0.15) is 39.5 Å². The highest BCUT2D eigenvalue weighted by molar-refractivity contribution is 6.33. The Labute approximate surface area is 221 Å². The highest BCUT2D eigenvalue weighted by Gasteiger charge is 2.39. The second kappa shape index (κ2) is 14.8. The average molecular weight is 542 g/mol. The Balaban J connectivity index is 2.05. The summed E-state index contributed by atoms with van der Waals surface area (Å²) in [6.07, 6.45) is 0.842. The molecule has 1 heterocycles. The number of carbonyl (C=O) groups is 4. The minimum absolute atomic E-state index is 0.188. The van der Waals surface area contributed by atoms with E-state index in [-0.39, 0.29) is 12.3 Å². The maximum atomic E-state index is 13.4. The molecule has 0 aromatic heterocycles. The van der Waals surface area contributed by atoms with E-state index < -0.39 is 54.7 Å². The first kappa shape index (κ1) is 30.4. The molecule has 0 spiro atoms. The molecule has 8 N–H and O–H groups in total. The number of urea groups is 1. The molecule has 37 heavy (non-hydrogen) atoms. The number of halogens is 2. The molecule has 3 atom stereocenters. The molecule has 0 unspecified atom stereocenters. The molecule has 0 aliphatic carbocycles. The van der Waals surface area contributed by atoms with Crippen LogP contribution in [0.4, 0.5) is 14.9 Å². The SMILES string of the molecule is CC(C)[C@H](NC(=O)Nc1ccccc1Cl)C(=O)N1CCC[C@H]1C(=O)N[C@@H](CCCNC(N)N)C(=O)CF. The van der Waals surface area contributed by atoms with E-state index in [2.05, 4.69) is 21.3 Å².